The molecule has 2 heterocycles. The van der Waals surface area contributed by atoms with Crippen LogP contribution in [0, 0.1) is 6.92 Å². The Morgan fingerprint density at radius 2 is 2.26 bits per heavy atom. The second kappa shape index (κ2) is 5.05. The molecule has 0 amide bonds. The third kappa shape index (κ3) is 2.49. The van der Waals surface area contributed by atoms with Gasteiger partial charge in [0.05, 0.1) is 24.1 Å². The molecule has 1 aliphatic rings. The highest BCUT2D eigenvalue weighted by molar-refractivity contribution is 5.46. The number of hydrogen-bond donors (Lipinski definition) is 1. The van der Waals surface area contributed by atoms with Crippen molar-refractivity contribution in [3.8, 4) is 0 Å². The molecular weight excluding hydrogens is 238 g/mol. The smallest absolute Gasteiger partial charge is 0.0999 e. The van der Waals surface area contributed by atoms with Gasteiger partial charge in [-0.2, -0.15) is 5.10 Å². The molecule has 1 N–H and O–H groups in total. The van der Waals surface area contributed by atoms with Crippen LogP contribution in [0.1, 0.15) is 22.9 Å². The van der Waals surface area contributed by atoms with E-state index in [0.717, 1.165) is 31.0 Å². The first-order chi connectivity index (χ1) is 9.24. The molecule has 0 saturated heterocycles. The van der Waals surface area contributed by atoms with Gasteiger partial charge in [0.25, 0.3) is 0 Å². The summed E-state index contributed by atoms with van der Waals surface area (Å²) in [6.07, 6.45) is 3.15. The van der Waals surface area contributed by atoms with E-state index < -0.39 is 0 Å². The zero-order valence-electron chi connectivity index (χ0n) is 11.4. The van der Waals surface area contributed by atoms with Gasteiger partial charge in [-0.3, -0.25) is 4.68 Å². The second-order valence-electron chi connectivity index (χ2n) is 4.99. The van der Waals surface area contributed by atoms with Crippen LogP contribution in [0.4, 0.5) is 5.69 Å². The van der Waals surface area contributed by atoms with Gasteiger partial charge >= 0.3 is 0 Å². The Bertz CT molecular complexity index is 577. The van der Waals surface area contributed by atoms with Gasteiger partial charge in [0.2, 0.25) is 0 Å². The van der Waals surface area contributed by atoms with E-state index in [-0.39, 0.29) is 6.10 Å². The molecule has 1 atom stereocenters. The predicted molar refractivity (Wildman–Crippen MR) is 75.3 cm³/mol. The van der Waals surface area contributed by atoms with Crippen molar-refractivity contribution in [3.05, 3.63) is 47.3 Å². The molecule has 1 unspecified atom stereocenters. The molecule has 0 fully saturated rings. The third-order valence-electron chi connectivity index (χ3n) is 3.58. The summed E-state index contributed by atoms with van der Waals surface area (Å²) < 4.78 is 7.71. The first-order valence-corrected chi connectivity index (χ1v) is 6.67. The summed E-state index contributed by atoms with van der Waals surface area (Å²) in [7, 11) is 1.94. The number of rotatable bonds is 3. The van der Waals surface area contributed by atoms with E-state index >= 15 is 0 Å². The van der Waals surface area contributed by atoms with E-state index in [1.807, 2.05) is 24.9 Å². The molecular formula is C15H19N3O. The minimum atomic E-state index is 0.129. The van der Waals surface area contributed by atoms with E-state index in [0.29, 0.717) is 0 Å². The van der Waals surface area contributed by atoms with Crippen LogP contribution in [0.5, 0.6) is 0 Å². The molecule has 1 aromatic heterocycles. The van der Waals surface area contributed by atoms with Crippen LogP contribution >= 0.6 is 0 Å². The zero-order chi connectivity index (χ0) is 13.2. The maximum Gasteiger partial charge on any atom is 0.0999 e. The number of anilines is 1. The maximum absolute atomic E-state index is 5.88. The van der Waals surface area contributed by atoms with Crippen molar-refractivity contribution in [1.29, 1.82) is 0 Å². The maximum atomic E-state index is 5.88. The fourth-order valence-electron chi connectivity index (χ4n) is 2.62. The van der Waals surface area contributed by atoms with Gasteiger partial charge in [-0.1, -0.05) is 24.3 Å². The molecule has 0 radical (unpaired) electrons. The summed E-state index contributed by atoms with van der Waals surface area (Å²) >= 11 is 0. The number of nitrogens with zero attached hydrogens (tertiary/aromatic N) is 2. The summed E-state index contributed by atoms with van der Waals surface area (Å²) in [4.78, 5) is 0. The van der Waals surface area contributed by atoms with Crippen LogP contribution in [-0.2, 0) is 18.2 Å². The molecule has 0 spiro atoms. The first kappa shape index (κ1) is 12.2. The molecule has 0 bridgehead atoms. The number of nitrogens with one attached hydrogen (secondary N) is 1. The topological polar surface area (TPSA) is 39.1 Å². The Labute approximate surface area is 113 Å². The molecule has 0 saturated carbocycles. The largest absolute Gasteiger partial charge is 0.379 e. The van der Waals surface area contributed by atoms with Crippen LogP contribution in [0.3, 0.4) is 0 Å². The number of aromatic nitrogens is 2. The fourth-order valence-corrected chi connectivity index (χ4v) is 2.62. The molecule has 0 aliphatic carbocycles. The van der Waals surface area contributed by atoms with E-state index in [9.17, 15) is 0 Å². The molecule has 3 rings (SSSR count). The lowest BCUT2D eigenvalue weighted by Gasteiger charge is -2.26. The molecule has 1 aromatic carbocycles. The quantitative estimate of drug-likeness (QED) is 0.918. The number of benzene rings is 1. The van der Waals surface area contributed by atoms with Crippen molar-refractivity contribution in [2.75, 3.05) is 18.5 Å². The van der Waals surface area contributed by atoms with Gasteiger partial charge < -0.3 is 10.1 Å². The minimum absolute atomic E-state index is 0.129. The first-order valence-electron chi connectivity index (χ1n) is 6.67. The highest BCUT2D eigenvalue weighted by Gasteiger charge is 2.20. The Kier molecular flexibility index (Phi) is 3.25. The molecule has 19 heavy (non-hydrogen) atoms. The van der Waals surface area contributed by atoms with E-state index in [1.54, 1.807) is 0 Å². The van der Waals surface area contributed by atoms with Crippen LogP contribution in [-0.4, -0.2) is 22.9 Å². The molecule has 2 aromatic rings. The highest BCUT2D eigenvalue weighted by Crippen LogP contribution is 2.27. The lowest BCUT2D eigenvalue weighted by Crippen LogP contribution is -2.22. The normalized spacial score (nSPS) is 18.1. The molecule has 1 aliphatic heterocycles. The average molecular weight is 257 g/mol. The van der Waals surface area contributed by atoms with E-state index in [2.05, 4.69) is 34.7 Å². The highest BCUT2D eigenvalue weighted by atomic mass is 16.5. The molecule has 100 valence electrons. The summed E-state index contributed by atoms with van der Waals surface area (Å²) in [5, 5.41) is 7.77. The number of fused-ring (bicyclic) bond motifs is 1. The van der Waals surface area contributed by atoms with Crippen LogP contribution in [0.25, 0.3) is 0 Å². The SMILES string of the molecule is Cc1nn(C)cc1NCC1OCCc2ccccc21. The van der Waals surface area contributed by atoms with Gasteiger partial charge in [-0.05, 0) is 24.5 Å². The predicted octanol–water partition coefficient (Wildman–Crippen LogP) is 2.45. The Morgan fingerprint density at radius 3 is 3.05 bits per heavy atom. The van der Waals surface area contributed by atoms with Crippen molar-refractivity contribution >= 4 is 5.69 Å². The van der Waals surface area contributed by atoms with E-state index in [1.165, 1.54) is 11.1 Å². The lowest BCUT2D eigenvalue weighted by molar-refractivity contribution is 0.0513. The summed E-state index contributed by atoms with van der Waals surface area (Å²) in [5.41, 5.74) is 4.81. The number of aryl methyl sites for hydroxylation is 2. The Morgan fingerprint density at radius 1 is 1.42 bits per heavy atom. The monoisotopic (exact) mass is 257 g/mol. The van der Waals surface area contributed by atoms with Crippen molar-refractivity contribution in [1.82, 2.24) is 9.78 Å². The Balaban J connectivity index is 1.73. The Hall–Kier alpha value is -1.81. The minimum Gasteiger partial charge on any atom is -0.379 e. The lowest BCUT2D eigenvalue weighted by atomic mass is 9.97. The van der Waals surface area contributed by atoms with Gasteiger partial charge in [-0.25, -0.2) is 0 Å². The van der Waals surface area contributed by atoms with E-state index in [4.69, 9.17) is 4.74 Å². The summed E-state index contributed by atoms with van der Waals surface area (Å²) in [5.74, 6) is 0. The van der Waals surface area contributed by atoms with Crippen LogP contribution in [0.2, 0.25) is 0 Å². The number of hydrogen-bond acceptors (Lipinski definition) is 3. The van der Waals surface area contributed by atoms with Crippen LogP contribution < -0.4 is 5.32 Å². The van der Waals surface area contributed by atoms with Gasteiger partial charge in [0.1, 0.15) is 0 Å². The summed E-state index contributed by atoms with van der Waals surface area (Å²) in [6, 6.07) is 8.53. The second-order valence-corrected chi connectivity index (χ2v) is 4.99. The third-order valence-corrected chi connectivity index (χ3v) is 3.58. The zero-order valence-corrected chi connectivity index (χ0v) is 11.4. The van der Waals surface area contributed by atoms with Crippen molar-refractivity contribution < 1.29 is 4.74 Å². The van der Waals surface area contributed by atoms with Crippen LogP contribution in [0.15, 0.2) is 30.5 Å². The van der Waals surface area contributed by atoms with Gasteiger partial charge in [-0.15, -0.1) is 0 Å². The molecule has 4 heteroatoms. The van der Waals surface area contributed by atoms with Crippen molar-refractivity contribution in [2.24, 2.45) is 7.05 Å². The molecule has 4 nitrogen and oxygen atoms in total. The van der Waals surface area contributed by atoms with Crippen molar-refractivity contribution in [2.45, 2.75) is 19.4 Å². The van der Waals surface area contributed by atoms with Gasteiger partial charge in [0, 0.05) is 19.8 Å². The van der Waals surface area contributed by atoms with Crippen molar-refractivity contribution in [3.63, 3.8) is 0 Å². The fraction of sp³-hybridized carbons (Fsp3) is 0.400. The van der Waals surface area contributed by atoms with Gasteiger partial charge in [0.15, 0.2) is 0 Å². The number of ether oxygens (including phenoxy) is 1. The average Bonchev–Trinajstić information content (AvgIpc) is 2.74. The summed E-state index contributed by atoms with van der Waals surface area (Å²) in [6.45, 7) is 3.59. The standard InChI is InChI=1S/C15H19N3O/c1-11-14(10-18(2)17-11)16-9-15-13-6-4-3-5-12(13)7-8-19-15/h3-6,10,15-16H,7-9H2,1-2H3.